The molecule has 0 atom stereocenters. The van der Waals surface area contributed by atoms with Gasteiger partial charge in [-0.3, -0.25) is 9.59 Å². The summed E-state index contributed by atoms with van der Waals surface area (Å²) < 4.78 is 10.7. The molecule has 0 saturated heterocycles. The van der Waals surface area contributed by atoms with Gasteiger partial charge in [-0.1, -0.05) is 6.42 Å². The van der Waals surface area contributed by atoms with Gasteiger partial charge >= 0.3 is 11.7 Å². The monoisotopic (exact) mass is 237 g/mol. The van der Waals surface area contributed by atoms with E-state index in [1.807, 2.05) is 0 Å². The summed E-state index contributed by atoms with van der Waals surface area (Å²) in [7, 11) is 0. The molecule has 16 heavy (non-hydrogen) atoms. The second-order valence-corrected chi connectivity index (χ2v) is 5.24. The molecule has 0 aromatic heterocycles. The number of hydrogen-bond donors (Lipinski definition) is 0. The molecule has 0 N–H and O–H groups in total. The quantitative estimate of drug-likeness (QED) is 0.543. The van der Waals surface area contributed by atoms with Gasteiger partial charge in [0, 0.05) is 17.1 Å². The van der Waals surface area contributed by atoms with E-state index in [0.717, 1.165) is 19.3 Å². The van der Waals surface area contributed by atoms with Gasteiger partial charge in [0.1, 0.15) is 0 Å². The summed E-state index contributed by atoms with van der Waals surface area (Å²) in [5.41, 5.74) is 0.416. The van der Waals surface area contributed by atoms with Gasteiger partial charge in [-0.05, 0) is 31.1 Å². The molecule has 0 aliphatic heterocycles. The molecular weight excluding hydrogens is 224 g/mol. The van der Waals surface area contributed by atoms with E-state index < -0.39 is 4.75 Å². The van der Waals surface area contributed by atoms with Crippen molar-refractivity contribution in [1.29, 1.82) is 0 Å². The van der Waals surface area contributed by atoms with Crippen LogP contribution < -0.4 is 0 Å². The van der Waals surface area contributed by atoms with Crippen molar-refractivity contribution < 1.29 is 13.8 Å². The SMILES string of the molecule is O=[S+]C1(C2=CC(=O)C=CC2=O)CCCCC1. The molecule has 2 aliphatic rings. The number of carbonyl (C=O) groups excluding carboxylic acids is 2. The first-order valence-electron chi connectivity index (χ1n) is 5.47. The van der Waals surface area contributed by atoms with Crippen LogP contribution in [0.3, 0.4) is 0 Å². The topological polar surface area (TPSA) is 51.2 Å². The zero-order valence-electron chi connectivity index (χ0n) is 8.90. The molecule has 2 rings (SSSR count). The Morgan fingerprint density at radius 2 is 1.75 bits per heavy atom. The summed E-state index contributed by atoms with van der Waals surface area (Å²) in [5, 5.41) is 0. The van der Waals surface area contributed by atoms with Gasteiger partial charge in [0.2, 0.25) is 0 Å². The molecule has 0 spiro atoms. The van der Waals surface area contributed by atoms with Crippen molar-refractivity contribution in [3.05, 3.63) is 23.8 Å². The van der Waals surface area contributed by atoms with E-state index in [1.54, 1.807) is 0 Å². The Morgan fingerprint density at radius 3 is 2.38 bits per heavy atom. The van der Waals surface area contributed by atoms with Gasteiger partial charge in [-0.15, -0.1) is 0 Å². The average Bonchev–Trinajstić information content (AvgIpc) is 2.33. The summed E-state index contributed by atoms with van der Waals surface area (Å²) in [4.78, 5) is 23.0. The zero-order valence-corrected chi connectivity index (χ0v) is 9.72. The summed E-state index contributed by atoms with van der Waals surface area (Å²) in [6.45, 7) is 0. The zero-order chi connectivity index (χ0) is 11.6. The van der Waals surface area contributed by atoms with E-state index in [1.165, 1.54) is 18.2 Å². The molecule has 84 valence electrons. The van der Waals surface area contributed by atoms with Crippen molar-refractivity contribution >= 4 is 23.2 Å². The van der Waals surface area contributed by atoms with E-state index >= 15 is 0 Å². The van der Waals surface area contributed by atoms with Crippen LogP contribution in [0.1, 0.15) is 32.1 Å². The van der Waals surface area contributed by atoms with Crippen molar-refractivity contribution in [2.24, 2.45) is 0 Å². The first kappa shape index (κ1) is 11.3. The lowest BCUT2D eigenvalue weighted by atomic mass is 9.79. The van der Waals surface area contributed by atoms with Crippen LogP contribution in [0.25, 0.3) is 0 Å². The van der Waals surface area contributed by atoms with E-state index in [4.69, 9.17) is 0 Å². The second kappa shape index (κ2) is 4.37. The first-order valence-corrected chi connectivity index (χ1v) is 6.22. The normalized spacial score (nSPS) is 24.1. The summed E-state index contributed by atoms with van der Waals surface area (Å²) in [6.07, 6.45) is 8.32. The van der Waals surface area contributed by atoms with E-state index in [2.05, 4.69) is 0 Å². The number of ketones is 2. The van der Waals surface area contributed by atoms with Gasteiger partial charge in [-0.25, -0.2) is 0 Å². The maximum absolute atomic E-state index is 11.7. The van der Waals surface area contributed by atoms with Crippen molar-refractivity contribution in [1.82, 2.24) is 0 Å². The minimum atomic E-state index is -0.657. The Hall–Kier alpha value is -1.16. The van der Waals surface area contributed by atoms with Crippen LogP contribution in [0.4, 0.5) is 0 Å². The Kier molecular flexibility index (Phi) is 3.10. The molecule has 0 radical (unpaired) electrons. The summed E-state index contributed by atoms with van der Waals surface area (Å²) in [5.74, 6) is -0.363. The Balaban J connectivity index is 2.36. The van der Waals surface area contributed by atoms with Gasteiger partial charge in [-0.2, -0.15) is 0 Å². The van der Waals surface area contributed by atoms with Crippen LogP contribution in [0.15, 0.2) is 23.8 Å². The van der Waals surface area contributed by atoms with Gasteiger partial charge in [0.05, 0.1) is 5.57 Å². The first-order chi connectivity index (χ1) is 7.68. The molecule has 0 bridgehead atoms. The van der Waals surface area contributed by atoms with Crippen LogP contribution in [0.5, 0.6) is 0 Å². The predicted molar refractivity (Wildman–Crippen MR) is 61.1 cm³/mol. The number of carbonyl (C=O) groups is 2. The minimum absolute atomic E-state index is 0.176. The highest BCUT2D eigenvalue weighted by Gasteiger charge is 2.51. The molecule has 0 unspecified atom stereocenters. The number of allylic oxidation sites excluding steroid dienone is 3. The molecule has 0 aromatic rings. The second-order valence-electron chi connectivity index (χ2n) is 4.30. The van der Waals surface area contributed by atoms with Crippen molar-refractivity contribution in [2.75, 3.05) is 0 Å². The van der Waals surface area contributed by atoms with E-state index in [-0.39, 0.29) is 11.6 Å². The lowest BCUT2D eigenvalue weighted by molar-refractivity contribution is -0.114. The molecular formula is C12H13O3S+. The number of hydrogen-bond acceptors (Lipinski definition) is 3. The fourth-order valence-electron chi connectivity index (χ4n) is 2.39. The summed E-state index contributed by atoms with van der Waals surface area (Å²) in [6, 6.07) is 0. The highest BCUT2D eigenvalue weighted by atomic mass is 32.1. The fraction of sp³-hybridized carbons (Fsp3) is 0.500. The molecule has 4 heteroatoms. The Labute approximate surface area is 98.1 Å². The molecule has 0 aromatic carbocycles. The summed E-state index contributed by atoms with van der Waals surface area (Å²) >= 11 is 0.480. The smallest absolute Gasteiger partial charge is 0.290 e. The third kappa shape index (κ3) is 1.89. The van der Waals surface area contributed by atoms with E-state index in [9.17, 15) is 13.8 Å². The lowest BCUT2D eigenvalue weighted by Gasteiger charge is -2.23. The van der Waals surface area contributed by atoms with Crippen molar-refractivity contribution in [3.8, 4) is 0 Å². The number of rotatable bonds is 2. The molecule has 1 saturated carbocycles. The highest BCUT2D eigenvalue weighted by Crippen LogP contribution is 2.37. The average molecular weight is 237 g/mol. The third-order valence-corrected chi connectivity index (χ3v) is 4.21. The van der Waals surface area contributed by atoms with Crippen LogP contribution in [0, 0.1) is 0 Å². The lowest BCUT2D eigenvalue weighted by Crippen LogP contribution is -2.37. The van der Waals surface area contributed by atoms with Crippen LogP contribution in [-0.2, 0) is 25.5 Å². The Morgan fingerprint density at radius 1 is 1.06 bits per heavy atom. The van der Waals surface area contributed by atoms with Gasteiger partial charge < -0.3 is 0 Å². The molecule has 1 fully saturated rings. The van der Waals surface area contributed by atoms with Gasteiger partial charge in [0.15, 0.2) is 11.6 Å². The maximum atomic E-state index is 11.7. The van der Waals surface area contributed by atoms with Crippen molar-refractivity contribution in [3.63, 3.8) is 0 Å². The van der Waals surface area contributed by atoms with Crippen LogP contribution in [-0.4, -0.2) is 16.3 Å². The Bertz CT molecular complexity index is 400. The largest absolute Gasteiger partial charge is 0.470 e. The predicted octanol–water partition coefficient (Wildman–Crippen LogP) is 1.75. The fourth-order valence-corrected chi connectivity index (χ4v) is 3.09. The highest BCUT2D eigenvalue weighted by molar-refractivity contribution is 7.67. The van der Waals surface area contributed by atoms with Crippen LogP contribution in [0.2, 0.25) is 0 Å². The van der Waals surface area contributed by atoms with Gasteiger partial charge in [0.25, 0.3) is 4.75 Å². The van der Waals surface area contributed by atoms with Crippen LogP contribution >= 0.6 is 0 Å². The van der Waals surface area contributed by atoms with Crippen molar-refractivity contribution in [2.45, 2.75) is 36.9 Å². The molecule has 3 nitrogen and oxygen atoms in total. The minimum Gasteiger partial charge on any atom is -0.290 e. The molecule has 0 amide bonds. The third-order valence-electron chi connectivity index (χ3n) is 3.26. The molecule has 2 aliphatic carbocycles. The molecule has 0 heterocycles. The standard InChI is InChI=1S/C12H13O3S/c13-9-4-5-11(14)10(8-9)12(16-15)6-2-1-3-7-12/h4-5,8H,1-3,6-7H2/q+1. The maximum Gasteiger partial charge on any atom is 0.470 e. The van der Waals surface area contributed by atoms with E-state index in [0.29, 0.717) is 30.1 Å².